The van der Waals surface area contributed by atoms with Crippen molar-refractivity contribution in [3.05, 3.63) is 0 Å². The lowest BCUT2D eigenvalue weighted by atomic mass is 9.93. The molecule has 0 heterocycles. The van der Waals surface area contributed by atoms with E-state index in [4.69, 9.17) is 5.73 Å². The van der Waals surface area contributed by atoms with Crippen LogP contribution in [0.3, 0.4) is 0 Å². The maximum Gasteiger partial charge on any atom is 0.00952 e. The molecule has 2 nitrogen and oxygen atoms in total. The van der Waals surface area contributed by atoms with E-state index in [1.54, 1.807) is 0 Å². The topological polar surface area (TPSA) is 29.3 Å². The third kappa shape index (κ3) is 3.58. The first-order chi connectivity index (χ1) is 6.77. The van der Waals surface area contributed by atoms with Gasteiger partial charge in [-0.3, -0.25) is 0 Å². The smallest absolute Gasteiger partial charge is 0.00952 e. The van der Waals surface area contributed by atoms with E-state index in [0.717, 1.165) is 12.6 Å². The van der Waals surface area contributed by atoms with Gasteiger partial charge < -0.3 is 10.6 Å². The van der Waals surface area contributed by atoms with Crippen molar-refractivity contribution < 1.29 is 0 Å². The van der Waals surface area contributed by atoms with Gasteiger partial charge in [-0.25, -0.2) is 0 Å². The van der Waals surface area contributed by atoms with Crippen LogP contribution < -0.4 is 5.73 Å². The second-order valence-electron chi connectivity index (χ2n) is 4.72. The van der Waals surface area contributed by atoms with Crippen LogP contribution in [0.15, 0.2) is 0 Å². The first-order valence-electron chi connectivity index (χ1n) is 6.22. The van der Waals surface area contributed by atoms with E-state index in [0.29, 0.717) is 5.92 Å². The van der Waals surface area contributed by atoms with Gasteiger partial charge in [0.2, 0.25) is 0 Å². The van der Waals surface area contributed by atoms with E-state index in [1.165, 1.54) is 45.2 Å². The highest BCUT2D eigenvalue weighted by Crippen LogP contribution is 2.22. The number of hydrogen-bond donors (Lipinski definition) is 1. The van der Waals surface area contributed by atoms with Gasteiger partial charge in [-0.1, -0.05) is 33.1 Å². The van der Waals surface area contributed by atoms with Gasteiger partial charge >= 0.3 is 0 Å². The molecule has 1 fully saturated rings. The molecule has 0 aliphatic heterocycles. The summed E-state index contributed by atoms with van der Waals surface area (Å²) < 4.78 is 0. The van der Waals surface area contributed by atoms with Gasteiger partial charge in [0, 0.05) is 12.6 Å². The van der Waals surface area contributed by atoms with Gasteiger partial charge in [-0.15, -0.1) is 0 Å². The second-order valence-corrected chi connectivity index (χ2v) is 4.72. The number of nitrogens with two attached hydrogens (primary N) is 1. The van der Waals surface area contributed by atoms with Crippen LogP contribution in [0.25, 0.3) is 0 Å². The number of nitrogens with zero attached hydrogens (tertiary/aromatic N) is 1. The minimum Gasteiger partial charge on any atom is -0.330 e. The Labute approximate surface area is 88.8 Å². The number of hydrogen-bond acceptors (Lipinski definition) is 2. The average Bonchev–Trinajstić information content (AvgIpc) is 2.26. The van der Waals surface area contributed by atoms with Crippen LogP contribution in [-0.4, -0.2) is 30.6 Å². The van der Waals surface area contributed by atoms with Crippen LogP contribution in [0.2, 0.25) is 0 Å². The van der Waals surface area contributed by atoms with Crippen molar-refractivity contribution in [1.82, 2.24) is 4.90 Å². The Morgan fingerprint density at radius 3 is 2.43 bits per heavy atom. The van der Waals surface area contributed by atoms with Gasteiger partial charge in [0.1, 0.15) is 0 Å². The summed E-state index contributed by atoms with van der Waals surface area (Å²) in [5.74, 6) is 0.650. The molecule has 1 atom stereocenters. The molecule has 0 aromatic heterocycles. The highest BCUT2D eigenvalue weighted by Gasteiger charge is 2.20. The summed E-state index contributed by atoms with van der Waals surface area (Å²) in [5.41, 5.74) is 5.68. The van der Waals surface area contributed by atoms with Gasteiger partial charge in [-0.05, 0) is 31.8 Å². The third-order valence-electron chi connectivity index (χ3n) is 3.45. The van der Waals surface area contributed by atoms with Gasteiger partial charge in [0.05, 0.1) is 0 Å². The van der Waals surface area contributed by atoms with Crippen LogP contribution in [0.1, 0.15) is 46.0 Å². The summed E-state index contributed by atoms with van der Waals surface area (Å²) >= 11 is 0. The first kappa shape index (κ1) is 12.0. The molecule has 1 aliphatic rings. The Kier molecular flexibility index (Phi) is 5.49. The lowest BCUT2D eigenvalue weighted by Gasteiger charge is -2.35. The van der Waals surface area contributed by atoms with Gasteiger partial charge in [0.15, 0.2) is 0 Å². The van der Waals surface area contributed by atoms with E-state index >= 15 is 0 Å². The van der Waals surface area contributed by atoms with Crippen molar-refractivity contribution in [3.8, 4) is 0 Å². The molecule has 0 spiro atoms. The van der Waals surface area contributed by atoms with Crippen molar-refractivity contribution in [3.63, 3.8) is 0 Å². The van der Waals surface area contributed by atoms with E-state index < -0.39 is 0 Å². The fourth-order valence-electron chi connectivity index (χ4n) is 2.46. The van der Waals surface area contributed by atoms with Crippen LogP contribution in [-0.2, 0) is 0 Å². The van der Waals surface area contributed by atoms with Crippen molar-refractivity contribution in [2.24, 2.45) is 11.7 Å². The van der Waals surface area contributed by atoms with Crippen LogP contribution in [0, 0.1) is 5.92 Å². The van der Waals surface area contributed by atoms with Crippen molar-refractivity contribution in [2.75, 3.05) is 19.6 Å². The standard InChI is InChI=1S/C12H26N2/c1-3-14(10-11(2)9-13)12-7-5-4-6-8-12/h11-12H,3-10,13H2,1-2H3. The maximum atomic E-state index is 5.68. The molecule has 84 valence electrons. The summed E-state index contributed by atoms with van der Waals surface area (Å²) in [6.07, 6.45) is 7.12. The summed E-state index contributed by atoms with van der Waals surface area (Å²) in [6.45, 7) is 7.74. The largest absolute Gasteiger partial charge is 0.330 e. The lowest BCUT2D eigenvalue weighted by Crippen LogP contribution is -2.40. The normalized spacial score (nSPS) is 21.4. The van der Waals surface area contributed by atoms with Crippen LogP contribution >= 0.6 is 0 Å². The highest BCUT2D eigenvalue weighted by molar-refractivity contribution is 4.76. The average molecular weight is 198 g/mol. The SMILES string of the molecule is CCN(CC(C)CN)C1CCCCC1. The lowest BCUT2D eigenvalue weighted by molar-refractivity contribution is 0.145. The van der Waals surface area contributed by atoms with E-state index in [9.17, 15) is 0 Å². The molecule has 0 saturated heterocycles. The summed E-state index contributed by atoms with van der Waals surface area (Å²) in [6, 6.07) is 0.850. The molecule has 0 aromatic carbocycles. The molecule has 0 aromatic rings. The molecule has 14 heavy (non-hydrogen) atoms. The van der Waals surface area contributed by atoms with Crippen molar-refractivity contribution in [1.29, 1.82) is 0 Å². The van der Waals surface area contributed by atoms with Crippen LogP contribution in [0.5, 0.6) is 0 Å². The van der Waals surface area contributed by atoms with E-state index in [-0.39, 0.29) is 0 Å². The van der Waals surface area contributed by atoms with Gasteiger partial charge in [0.25, 0.3) is 0 Å². The predicted molar refractivity (Wildman–Crippen MR) is 62.3 cm³/mol. The molecule has 1 unspecified atom stereocenters. The van der Waals surface area contributed by atoms with Gasteiger partial charge in [-0.2, -0.15) is 0 Å². The summed E-state index contributed by atoms with van der Waals surface area (Å²) in [4.78, 5) is 2.64. The van der Waals surface area contributed by atoms with Crippen molar-refractivity contribution in [2.45, 2.75) is 52.0 Å². The molecule has 2 heteroatoms. The monoisotopic (exact) mass is 198 g/mol. The minimum absolute atomic E-state index is 0.650. The first-order valence-corrected chi connectivity index (χ1v) is 6.22. The summed E-state index contributed by atoms with van der Waals surface area (Å²) in [5, 5.41) is 0. The van der Waals surface area contributed by atoms with Crippen LogP contribution in [0.4, 0.5) is 0 Å². The van der Waals surface area contributed by atoms with Crippen molar-refractivity contribution >= 4 is 0 Å². The van der Waals surface area contributed by atoms with E-state index in [1.807, 2.05) is 0 Å². The molecule has 0 amide bonds. The predicted octanol–water partition coefficient (Wildman–Crippen LogP) is 2.24. The van der Waals surface area contributed by atoms with E-state index in [2.05, 4.69) is 18.7 Å². The zero-order chi connectivity index (χ0) is 10.4. The highest BCUT2D eigenvalue weighted by atomic mass is 15.1. The maximum absolute atomic E-state index is 5.68. The minimum atomic E-state index is 0.650. The zero-order valence-electron chi connectivity index (χ0n) is 9.84. The third-order valence-corrected chi connectivity index (χ3v) is 3.45. The fourth-order valence-corrected chi connectivity index (χ4v) is 2.46. The summed E-state index contributed by atoms with van der Waals surface area (Å²) in [7, 11) is 0. The molecule has 1 rings (SSSR count). The molecule has 0 radical (unpaired) electrons. The Morgan fingerprint density at radius 2 is 1.93 bits per heavy atom. The molecule has 1 aliphatic carbocycles. The molecule has 2 N–H and O–H groups in total. The Hall–Kier alpha value is -0.0800. The number of rotatable bonds is 5. The molecular formula is C12H26N2. The molecular weight excluding hydrogens is 172 g/mol. The zero-order valence-corrected chi connectivity index (χ0v) is 9.84. The fraction of sp³-hybridized carbons (Fsp3) is 1.00. The Morgan fingerprint density at radius 1 is 1.29 bits per heavy atom. The molecule has 1 saturated carbocycles. The second kappa shape index (κ2) is 6.41. The quantitative estimate of drug-likeness (QED) is 0.734. The Bertz CT molecular complexity index is 141. The molecule has 0 bridgehead atoms. The Balaban J connectivity index is 2.35.